The Morgan fingerprint density at radius 2 is 1.65 bits per heavy atom. The van der Waals surface area contributed by atoms with Gasteiger partial charge in [0.1, 0.15) is 0 Å². The van der Waals surface area contributed by atoms with Crippen LogP contribution in [-0.4, -0.2) is 18.2 Å². The summed E-state index contributed by atoms with van der Waals surface area (Å²) in [5.74, 6) is 0. The van der Waals surface area contributed by atoms with Crippen LogP contribution < -0.4 is 5.01 Å². The molecule has 0 saturated carbocycles. The zero-order valence-electron chi connectivity index (χ0n) is 11.3. The molecule has 0 aliphatic rings. The van der Waals surface area contributed by atoms with E-state index in [1.54, 1.807) is 6.21 Å². The van der Waals surface area contributed by atoms with Gasteiger partial charge in [0, 0.05) is 12.4 Å². The fourth-order valence-electron chi connectivity index (χ4n) is 2.01. The van der Waals surface area contributed by atoms with Crippen LogP contribution in [-0.2, 0) is 0 Å². The van der Waals surface area contributed by atoms with Crippen LogP contribution in [0.2, 0.25) is 0 Å². The van der Waals surface area contributed by atoms with E-state index in [0.29, 0.717) is 0 Å². The first-order valence-corrected chi connectivity index (χ1v) is 6.51. The zero-order valence-corrected chi connectivity index (χ0v) is 11.3. The Morgan fingerprint density at radius 1 is 0.900 bits per heavy atom. The minimum absolute atomic E-state index is 0.853. The van der Waals surface area contributed by atoms with E-state index in [9.17, 15) is 0 Å². The van der Waals surface area contributed by atoms with Gasteiger partial charge >= 0.3 is 0 Å². The highest BCUT2D eigenvalue weighted by Crippen LogP contribution is 2.12. The maximum Gasteiger partial charge on any atom is 0.0838 e. The van der Waals surface area contributed by atoms with Crippen molar-refractivity contribution in [3.8, 4) is 0 Å². The molecule has 3 rings (SSSR count). The number of nitrogens with zero attached hydrogens (tertiary/aromatic N) is 3. The van der Waals surface area contributed by atoms with Crippen LogP contribution in [0.1, 0.15) is 5.69 Å². The molecule has 0 saturated heterocycles. The smallest absolute Gasteiger partial charge is 0.0838 e. The number of fused-ring (bicyclic) bond motifs is 1. The highest BCUT2D eigenvalue weighted by molar-refractivity contribution is 5.85. The van der Waals surface area contributed by atoms with Crippen LogP contribution in [0, 0.1) is 0 Å². The van der Waals surface area contributed by atoms with Gasteiger partial charge in [0.05, 0.1) is 23.1 Å². The summed E-state index contributed by atoms with van der Waals surface area (Å²) < 4.78 is 0. The summed E-state index contributed by atoms with van der Waals surface area (Å²) in [5, 5.41) is 7.39. The van der Waals surface area contributed by atoms with Gasteiger partial charge in [0.15, 0.2) is 0 Å². The summed E-state index contributed by atoms with van der Waals surface area (Å²) in [5.41, 5.74) is 2.88. The summed E-state index contributed by atoms with van der Waals surface area (Å²) in [6, 6.07) is 22.1. The second-order valence-corrected chi connectivity index (χ2v) is 4.53. The number of rotatable bonds is 3. The third-order valence-corrected chi connectivity index (χ3v) is 3.11. The maximum atomic E-state index is 4.56. The van der Waals surface area contributed by atoms with Gasteiger partial charge in [-0.1, -0.05) is 42.5 Å². The molecule has 98 valence electrons. The predicted molar refractivity (Wildman–Crippen MR) is 84.2 cm³/mol. The fraction of sp³-hybridized carbons (Fsp3) is 0.0588. The Labute approximate surface area is 118 Å². The molecule has 1 heterocycles. The van der Waals surface area contributed by atoms with E-state index < -0.39 is 0 Å². The summed E-state index contributed by atoms with van der Waals surface area (Å²) in [4.78, 5) is 4.56. The van der Waals surface area contributed by atoms with Crippen LogP contribution >= 0.6 is 0 Å². The minimum Gasteiger partial charge on any atom is -0.269 e. The van der Waals surface area contributed by atoms with E-state index in [1.165, 1.54) is 0 Å². The molecule has 0 amide bonds. The molecule has 0 aliphatic carbocycles. The van der Waals surface area contributed by atoms with Crippen LogP contribution in [0.25, 0.3) is 10.9 Å². The number of para-hydroxylation sites is 2. The van der Waals surface area contributed by atoms with Gasteiger partial charge in [-0.25, -0.2) is 4.98 Å². The summed E-state index contributed by atoms with van der Waals surface area (Å²) in [6.45, 7) is 0. The van der Waals surface area contributed by atoms with Crippen LogP contribution in [0.5, 0.6) is 0 Å². The van der Waals surface area contributed by atoms with E-state index in [1.807, 2.05) is 66.7 Å². The van der Waals surface area contributed by atoms with Gasteiger partial charge in [-0.15, -0.1) is 0 Å². The molecule has 0 bridgehead atoms. The quantitative estimate of drug-likeness (QED) is 0.531. The van der Waals surface area contributed by atoms with Gasteiger partial charge in [0.2, 0.25) is 0 Å². The van der Waals surface area contributed by atoms with Gasteiger partial charge in [-0.2, -0.15) is 5.10 Å². The largest absolute Gasteiger partial charge is 0.269 e. The lowest BCUT2D eigenvalue weighted by Crippen LogP contribution is -2.08. The number of hydrazone groups is 1. The molecule has 3 nitrogen and oxygen atoms in total. The molecule has 20 heavy (non-hydrogen) atoms. The molecule has 0 N–H and O–H groups in total. The molecule has 0 spiro atoms. The van der Waals surface area contributed by atoms with Crippen molar-refractivity contribution in [2.75, 3.05) is 12.1 Å². The SMILES string of the molecule is CN(N=Cc1ccc2ccccc2n1)c1ccccc1. The number of anilines is 1. The van der Waals surface area contributed by atoms with Crippen molar-refractivity contribution in [3.05, 3.63) is 72.4 Å². The molecule has 0 fully saturated rings. The third kappa shape index (κ3) is 2.67. The zero-order chi connectivity index (χ0) is 13.8. The Hall–Kier alpha value is -2.68. The summed E-state index contributed by atoms with van der Waals surface area (Å²) in [6.07, 6.45) is 1.78. The fourth-order valence-corrected chi connectivity index (χ4v) is 2.01. The first-order chi connectivity index (χ1) is 9.83. The molecular weight excluding hydrogens is 246 g/mol. The van der Waals surface area contributed by atoms with E-state index in [4.69, 9.17) is 0 Å². The van der Waals surface area contributed by atoms with E-state index in [-0.39, 0.29) is 0 Å². The van der Waals surface area contributed by atoms with Gasteiger partial charge in [-0.3, -0.25) is 5.01 Å². The lowest BCUT2D eigenvalue weighted by atomic mass is 10.2. The molecule has 0 radical (unpaired) electrons. The molecule has 3 aromatic rings. The number of benzene rings is 2. The van der Waals surface area contributed by atoms with Crippen molar-refractivity contribution in [2.45, 2.75) is 0 Å². The number of hydrogen-bond donors (Lipinski definition) is 0. The Balaban J connectivity index is 1.83. The average Bonchev–Trinajstić information content (AvgIpc) is 2.53. The topological polar surface area (TPSA) is 28.5 Å². The van der Waals surface area contributed by atoms with Crippen molar-refractivity contribution in [3.63, 3.8) is 0 Å². The van der Waals surface area contributed by atoms with Crippen LogP contribution in [0.15, 0.2) is 71.8 Å². The second kappa shape index (κ2) is 5.53. The maximum absolute atomic E-state index is 4.56. The number of hydrogen-bond acceptors (Lipinski definition) is 3. The summed E-state index contributed by atoms with van der Waals surface area (Å²) >= 11 is 0. The third-order valence-electron chi connectivity index (χ3n) is 3.11. The Morgan fingerprint density at radius 3 is 2.50 bits per heavy atom. The molecule has 0 aliphatic heterocycles. The first-order valence-electron chi connectivity index (χ1n) is 6.51. The molecular formula is C17H15N3. The Bertz CT molecular complexity index is 735. The van der Waals surface area contributed by atoms with Crippen molar-refractivity contribution in [2.24, 2.45) is 5.10 Å². The normalized spacial score (nSPS) is 11.1. The first kappa shape index (κ1) is 12.4. The van der Waals surface area contributed by atoms with E-state index in [2.05, 4.69) is 22.2 Å². The Kier molecular flexibility index (Phi) is 3.42. The lowest BCUT2D eigenvalue weighted by molar-refractivity contribution is 1.02. The molecule has 2 aromatic carbocycles. The standard InChI is InChI=1S/C17H15N3/c1-20(16-8-3-2-4-9-16)18-13-15-12-11-14-7-5-6-10-17(14)19-15/h2-13H,1H3. The average molecular weight is 261 g/mol. The van der Waals surface area contributed by atoms with Crippen molar-refractivity contribution in [1.29, 1.82) is 0 Å². The molecule has 3 heteroatoms. The van der Waals surface area contributed by atoms with Crippen molar-refractivity contribution in [1.82, 2.24) is 4.98 Å². The van der Waals surface area contributed by atoms with Crippen molar-refractivity contribution >= 4 is 22.8 Å². The van der Waals surface area contributed by atoms with Gasteiger partial charge in [0.25, 0.3) is 0 Å². The second-order valence-electron chi connectivity index (χ2n) is 4.53. The summed E-state index contributed by atoms with van der Waals surface area (Å²) in [7, 11) is 1.92. The van der Waals surface area contributed by atoms with Gasteiger partial charge < -0.3 is 0 Å². The number of aromatic nitrogens is 1. The minimum atomic E-state index is 0.853. The molecule has 1 aromatic heterocycles. The molecule has 0 unspecified atom stereocenters. The highest BCUT2D eigenvalue weighted by atomic mass is 15.4. The van der Waals surface area contributed by atoms with E-state index in [0.717, 1.165) is 22.3 Å². The van der Waals surface area contributed by atoms with E-state index >= 15 is 0 Å². The monoisotopic (exact) mass is 261 g/mol. The van der Waals surface area contributed by atoms with Gasteiger partial charge in [-0.05, 0) is 24.3 Å². The predicted octanol–water partition coefficient (Wildman–Crippen LogP) is 3.71. The van der Waals surface area contributed by atoms with Crippen molar-refractivity contribution < 1.29 is 0 Å². The van der Waals surface area contributed by atoms with Crippen LogP contribution in [0.4, 0.5) is 5.69 Å². The number of pyridine rings is 1. The highest BCUT2D eigenvalue weighted by Gasteiger charge is 1.97. The molecule has 0 atom stereocenters. The lowest BCUT2D eigenvalue weighted by Gasteiger charge is -2.11. The van der Waals surface area contributed by atoms with Crippen LogP contribution in [0.3, 0.4) is 0 Å².